The van der Waals surface area contributed by atoms with E-state index in [1.54, 1.807) is 0 Å². The van der Waals surface area contributed by atoms with Gasteiger partial charge in [0.25, 0.3) is 0 Å². The Morgan fingerprint density at radius 1 is 1.14 bits per heavy atom. The lowest BCUT2D eigenvalue weighted by Gasteiger charge is -2.23. The molecular formula is C15H21F2N3O2. The smallest absolute Gasteiger partial charge is 0.239 e. The average molecular weight is 313 g/mol. The third-order valence-corrected chi connectivity index (χ3v) is 3.18. The summed E-state index contributed by atoms with van der Waals surface area (Å²) >= 11 is 0. The Labute approximate surface area is 128 Å². The van der Waals surface area contributed by atoms with E-state index < -0.39 is 34.6 Å². The maximum Gasteiger partial charge on any atom is 0.239 e. The zero-order chi connectivity index (χ0) is 16.9. The van der Waals surface area contributed by atoms with Crippen LogP contribution in [0.3, 0.4) is 0 Å². The summed E-state index contributed by atoms with van der Waals surface area (Å²) in [4.78, 5) is 26.1. The summed E-state index contributed by atoms with van der Waals surface area (Å²) in [7, 11) is 3.70. The first-order valence-electron chi connectivity index (χ1n) is 6.84. The van der Waals surface area contributed by atoms with Crippen molar-refractivity contribution in [3.63, 3.8) is 0 Å². The highest BCUT2D eigenvalue weighted by Crippen LogP contribution is 2.23. The van der Waals surface area contributed by atoms with E-state index in [2.05, 4.69) is 10.6 Å². The number of carbonyl (C=O) groups excluding carboxylic acids is 2. The molecule has 7 heteroatoms. The number of amides is 2. The minimum Gasteiger partial charge on any atom is -0.354 e. The summed E-state index contributed by atoms with van der Waals surface area (Å²) in [6.07, 6.45) is 0. The standard InChI is InChI=1S/C15H21F2N3O2/c1-15(2,13(21)18-8-9-20(3)4)14(22)19-12-10(16)6-5-7-11(12)17/h5-7H,8-9H2,1-4H3,(H,18,21)(H,19,22). The molecule has 0 aliphatic rings. The molecule has 0 spiro atoms. The predicted molar refractivity (Wildman–Crippen MR) is 80.3 cm³/mol. The highest BCUT2D eigenvalue weighted by Gasteiger charge is 2.36. The number of likely N-dealkylation sites (N-methyl/N-ethyl adjacent to an activating group) is 1. The molecule has 2 amide bonds. The fourth-order valence-corrected chi connectivity index (χ4v) is 1.60. The van der Waals surface area contributed by atoms with Crippen molar-refractivity contribution in [2.75, 3.05) is 32.5 Å². The third-order valence-electron chi connectivity index (χ3n) is 3.18. The van der Waals surface area contributed by atoms with E-state index in [0.717, 1.165) is 12.1 Å². The molecule has 0 bridgehead atoms. The fourth-order valence-electron chi connectivity index (χ4n) is 1.60. The zero-order valence-electron chi connectivity index (χ0n) is 13.2. The molecule has 0 fully saturated rings. The third kappa shape index (κ3) is 4.49. The van der Waals surface area contributed by atoms with Crippen molar-refractivity contribution >= 4 is 17.5 Å². The highest BCUT2D eigenvalue weighted by atomic mass is 19.1. The Bertz CT molecular complexity index is 539. The van der Waals surface area contributed by atoms with Crippen LogP contribution in [0.2, 0.25) is 0 Å². The molecule has 0 saturated heterocycles. The molecule has 0 atom stereocenters. The van der Waals surface area contributed by atoms with E-state index in [9.17, 15) is 18.4 Å². The van der Waals surface area contributed by atoms with Gasteiger partial charge >= 0.3 is 0 Å². The van der Waals surface area contributed by atoms with Crippen LogP contribution in [0.1, 0.15) is 13.8 Å². The van der Waals surface area contributed by atoms with Crippen LogP contribution >= 0.6 is 0 Å². The number of hydrogen-bond donors (Lipinski definition) is 2. The van der Waals surface area contributed by atoms with Gasteiger partial charge in [0.05, 0.1) is 0 Å². The van der Waals surface area contributed by atoms with Gasteiger partial charge in [0.15, 0.2) is 0 Å². The first-order chi connectivity index (χ1) is 10.2. The second-order valence-corrected chi connectivity index (χ2v) is 5.73. The number of benzene rings is 1. The molecule has 0 heterocycles. The average Bonchev–Trinajstić information content (AvgIpc) is 2.42. The molecule has 1 aromatic carbocycles. The number of nitrogens with zero attached hydrogens (tertiary/aromatic N) is 1. The number of hydrogen-bond acceptors (Lipinski definition) is 3. The summed E-state index contributed by atoms with van der Waals surface area (Å²) in [6, 6.07) is 3.26. The minimum absolute atomic E-state index is 0.372. The molecule has 0 radical (unpaired) electrons. The number of para-hydroxylation sites is 1. The van der Waals surface area contributed by atoms with Gasteiger partial charge in [-0.3, -0.25) is 9.59 Å². The lowest BCUT2D eigenvalue weighted by molar-refractivity contribution is -0.138. The largest absolute Gasteiger partial charge is 0.354 e. The predicted octanol–water partition coefficient (Wildman–Crippen LogP) is 1.61. The van der Waals surface area contributed by atoms with Crippen LogP contribution < -0.4 is 10.6 Å². The van der Waals surface area contributed by atoms with Gasteiger partial charge in [-0.25, -0.2) is 8.78 Å². The molecule has 2 N–H and O–H groups in total. The van der Waals surface area contributed by atoms with Crippen molar-refractivity contribution in [3.8, 4) is 0 Å². The molecule has 0 aliphatic heterocycles. The molecule has 1 rings (SSSR count). The van der Waals surface area contributed by atoms with E-state index in [-0.39, 0.29) is 0 Å². The van der Waals surface area contributed by atoms with Crippen molar-refractivity contribution in [1.29, 1.82) is 0 Å². The van der Waals surface area contributed by atoms with Crippen LogP contribution in [-0.2, 0) is 9.59 Å². The minimum atomic E-state index is -1.46. The Hall–Kier alpha value is -2.02. The van der Waals surface area contributed by atoms with Gasteiger partial charge in [0, 0.05) is 13.1 Å². The summed E-state index contributed by atoms with van der Waals surface area (Å²) in [5.74, 6) is -3.07. The fraction of sp³-hybridized carbons (Fsp3) is 0.467. The lowest BCUT2D eigenvalue weighted by atomic mass is 9.91. The molecular weight excluding hydrogens is 292 g/mol. The van der Waals surface area contributed by atoms with Crippen molar-refractivity contribution in [1.82, 2.24) is 10.2 Å². The van der Waals surface area contributed by atoms with E-state index in [0.29, 0.717) is 13.1 Å². The molecule has 22 heavy (non-hydrogen) atoms. The monoisotopic (exact) mass is 313 g/mol. The number of anilines is 1. The number of nitrogens with one attached hydrogen (secondary N) is 2. The summed E-state index contributed by atoms with van der Waals surface area (Å²) in [5.41, 5.74) is -2.01. The molecule has 0 aromatic heterocycles. The van der Waals surface area contributed by atoms with Crippen molar-refractivity contribution in [2.24, 2.45) is 5.41 Å². The van der Waals surface area contributed by atoms with Crippen molar-refractivity contribution in [3.05, 3.63) is 29.8 Å². The Morgan fingerprint density at radius 3 is 2.18 bits per heavy atom. The molecule has 1 aromatic rings. The van der Waals surface area contributed by atoms with Crippen LogP contribution in [-0.4, -0.2) is 43.9 Å². The van der Waals surface area contributed by atoms with Gasteiger partial charge in [-0.2, -0.15) is 0 Å². The van der Waals surface area contributed by atoms with Gasteiger partial charge in [-0.15, -0.1) is 0 Å². The van der Waals surface area contributed by atoms with E-state index >= 15 is 0 Å². The quantitative estimate of drug-likeness (QED) is 0.784. The maximum absolute atomic E-state index is 13.5. The normalized spacial score (nSPS) is 11.4. The molecule has 5 nitrogen and oxygen atoms in total. The van der Waals surface area contributed by atoms with Gasteiger partial charge in [-0.1, -0.05) is 6.07 Å². The van der Waals surface area contributed by atoms with Crippen LogP contribution in [0.25, 0.3) is 0 Å². The lowest BCUT2D eigenvalue weighted by Crippen LogP contribution is -2.46. The number of halogens is 2. The van der Waals surface area contributed by atoms with Crippen LogP contribution in [0, 0.1) is 17.0 Å². The Kier molecular flexibility index (Phi) is 5.99. The summed E-state index contributed by atoms with van der Waals surface area (Å²) in [6.45, 7) is 3.78. The highest BCUT2D eigenvalue weighted by molar-refractivity contribution is 6.09. The SMILES string of the molecule is CN(C)CCNC(=O)C(C)(C)C(=O)Nc1c(F)cccc1F. The summed E-state index contributed by atoms with van der Waals surface area (Å²) < 4.78 is 27.1. The zero-order valence-corrected chi connectivity index (χ0v) is 13.2. The molecule has 0 aliphatic carbocycles. The second kappa shape index (κ2) is 7.31. The van der Waals surface area contributed by atoms with Crippen LogP contribution in [0.4, 0.5) is 14.5 Å². The Balaban J connectivity index is 2.76. The van der Waals surface area contributed by atoms with Gasteiger partial charge in [0.1, 0.15) is 22.7 Å². The number of carbonyl (C=O) groups is 2. The van der Waals surface area contributed by atoms with Gasteiger partial charge in [0.2, 0.25) is 11.8 Å². The van der Waals surface area contributed by atoms with E-state index in [1.165, 1.54) is 19.9 Å². The first kappa shape index (κ1) is 18.0. The second-order valence-electron chi connectivity index (χ2n) is 5.73. The van der Waals surface area contributed by atoms with Crippen LogP contribution in [0.5, 0.6) is 0 Å². The first-order valence-corrected chi connectivity index (χ1v) is 6.84. The summed E-state index contributed by atoms with van der Waals surface area (Å²) in [5, 5.41) is 4.76. The molecule has 0 saturated carbocycles. The van der Waals surface area contributed by atoms with Crippen LogP contribution in [0.15, 0.2) is 18.2 Å². The molecule has 0 unspecified atom stereocenters. The van der Waals surface area contributed by atoms with Crippen molar-refractivity contribution in [2.45, 2.75) is 13.8 Å². The maximum atomic E-state index is 13.5. The topological polar surface area (TPSA) is 61.4 Å². The van der Waals surface area contributed by atoms with Gasteiger partial charge < -0.3 is 15.5 Å². The Morgan fingerprint density at radius 2 is 1.68 bits per heavy atom. The van der Waals surface area contributed by atoms with Crippen molar-refractivity contribution < 1.29 is 18.4 Å². The van der Waals surface area contributed by atoms with E-state index in [1.807, 2.05) is 19.0 Å². The molecule has 122 valence electrons. The van der Waals surface area contributed by atoms with Gasteiger partial charge in [-0.05, 0) is 40.1 Å². The number of rotatable bonds is 6. The van der Waals surface area contributed by atoms with E-state index in [4.69, 9.17) is 0 Å².